The topological polar surface area (TPSA) is 33.7 Å². The van der Waals surface area contributed by atoms with Crippen molar-refractivity contribution < 1.29 is 9.47 Å². The van der Waals surface area contributed by atoms with Crippen LogP contribution in [0.25, 0.3) is 0 Å². The van der Waals surface area contributed by atoms with Gasteiger partial charge in [-0.1, -0.05) is 0 Å². The summed E-state index contributed by atoms with van der Waals surface area (Å²) < 4.78 is 11.4. The molecule has 2 aliphatic heterocycles. The van der Waals surface area contributed by atoms with Gasteiger partial charge in [0, 0.05) is 32.8 Å². The van der Waals surface area contributed by atoms with Gasteiger partial charge in [0.05, 0.1) is 18.8 Å². The van der Waals surface area contributed by atoms with Crippen molar-refractivity contribution >= 4 is 0 Å². The first-order valence-corrected chi connectivity index (χ1v) is 6.47. The lowest BCUT2D eigenvalue weighted by Gasteiger charge is -2.31. The fraction of sp³-hybridized carbons (Fsp3) is 1.00. The molecule has 94 valence electrons. The van der Waals surface area contributed by atoms with Crippen LogP contribution in [0, 0.1) is 0 Å². The van der Waals surface area contributed by atoms with E-state index in [1.165, 1.54) is 19.3 Å². The second-order valence-electron chi connectivity index (χ2n) is 4.90. The minimum atomic E-state index is 0.349. The van der Waals surface area contributed by atoms with Gasteiger partial charge in [0.25, 0.3) is 0 Å². The van der Waals surface area contributed by atoms with Crippen LogP contribution in [0.3, 0.4) is 0 Å². The highest BCUT2D eigenvalue weighted by Gasteiger charge is 2.18. The lowest BCUT2D eigenvalue weighted by atomic mass is 10.1. The highest BCUT2D eigenvalue weighted by molar-refractivity contribution is 4.73. The van der Waals surface area contributed by atoms with Gasteiger partial charge in [0.1, 0.15) is 0 Å². The Labute approximate surface area is 98.3 Å². The molecule has 4 nitrogen and oxygen atoms in total. The Hall–Kier alpha value is -0.160. The SMILES string of the molecule is CN1CCO[C@@H](CNC[C@@H]2CCCCO2)C1. The first kappa shape index (κ1) is 12.3. The first-order chi connectivity index (χ1) is 7.84. The maximum Gasteiger partial charge on any atom is 0.0826 e. The number of hydrogen-bond acceptors (Lipinski definition) is 4. The number of morpholine rings is 1. The average molecular weight is 228 g/mol. The third-order valence-electron chi connectivity index (χ3n) is 3.36. The van der Waals surface area contributed by atoms with Crippen LogP contribution < -0.4 is 5.32 Å². The van der Waals surface area contributed by atoms with Gasteiger partial charge in [0.15, 0.2) is 0 Å². The third-order valence-corrected chi connectivity index (χ3v) is 3.36. The van der Waals surface area contributed by atoms with Crippen molar-refractivity contribution in [3.8, 4) is 0 Å². The molecular formula is C12H24N2O2. The number of nitrogens with zero attached hydrogens (tertiary/aromatic N) is 1. The van der Waals surface area contributed by atoms with Gasteiger partial charge in [-0.25, -0.2) is 0 Å². The number of likely N-dealkylation sites (N-methyl/N-ethyl adjacent to an activating group) is 1. The van der Waals surface area contributed by atoms with Gasteiger partial charge in [-0.15, -0.1) is 0 Å². The summed E-state index contributed by atoms with van der Waals surface area (Å²) in [5.41, 5.74) is 0. The number of ether oxygens (including phenoxy) is 2. The van der Waals surface area contributed by atoms with Crippen molar-refractivity contribution in [2.45, 2.75) is 31.5 Å². The van der Waals surface area contributed by atoms with E-state index in [-0.39, 0.29) is 0 Å². The molecule has 0 radical (unpaired) electrons. The predicted octanol–water partition coefficient (Wildman–Crippen LogP) is 0.476. The van der Waals surface area contributed by atoms with Crippen LogP contribution in [-0.2, 0) is 9.47 Å². The van der Waals surface area contributed by atoms with E-state index in [1.807, 2.05) is 0 Å². The van der Waals surface area contributed by atoms with Gasteiger partial charge in [-0.3, -0.25) is 0 Å². The van der Waals surface area contributed by atoms with Crippen LogP contribution in [0.4, 0.5) is 0 Å². The molecular weight excluding hydrogens is 204 g/mol. The minimum Gasteiger partial charge on any atom is -0.377 e. The van der Waals surface area contributed by atoms with E-state index in [4.69, 9.17) is 9.47 Å². The van der Waals surface area contributed by atoms with Gasteiger partial charge in [-0.2, -0.15) is 0 Å². The largest absolute Gasteiger partial charge is 0.377 e. The smallest absolute Gasteiger partial charge is 0.0826 e. The van der Waals surface area contributed by atoms with Crippen LogP contribution in [0.5, 0.6) is 0 Å². The molecule has 2 rings (SSSR count). The lowest BCUT2D eigenvalue weighted by Crippen LogP contribution is -2.46. The Bertz CT molecular complexity index is 195. The zero-order valence-corrected chi connectivity index (χ0v) is 10.3. The average Bonchev–Trinajstić information content (AvgIpc) is 2.30. The van der Waals surface area contributed by atoms with Gasteiger partial charge >= 0.3 is 0 Å². The van der Waals surface area contributed by atoms with Crippen molar-refractivity contribution in [1.82, 2.24) is 10.2 Å². The van der Waals surface area contributed by atoms with E-state index >= 15 is 0 Å². The van der Waals surface area contributed by atoms with Crippen LogP contribution in [0.2, 0.25) is 0 Å². The summed E-state index contributed by atoms with van der Waals surface area (Å²) in [6.45, 7) is 5.83. The molecule has 4 heteroatoms. The van der Waals surface area contributed by atoms with Gasteiger partial charge in [0.2, 0.25) is 0 Å². The van der Waals surface area contributed by atoms with E-state index in [0.29, 0.717) is 12.2 Å². The van der Waals surface area contributed by atoms with Crippen molar-refractivity contribution in [3.05, 3.63) is 0 Å². The molecule has 2 fully saturated rings. The number of hydrogen-bond donors (Lipinski definition) is 1. The summed E-state index contributed by atoms with van der Waals surface area (Å²) in [6, 6.07) is 0. The zero-order valence-electron chi connectivity index (χ0n) is 10.3. The zero-order chi connectivity index (χ0) is 11.2. The standard InChI is InChI=1S/C12H24N2O2/c1-14-5-7-16-12(10-14)9-13-8-11-4-2-3-6-15-11/h11-13H,2-10H2,1H3/t11-,12-/m0/s1. The number of nitrogens with one attached hydrogen (secondary N) is 1. The summed E-state index contributed by atoms with van der Waals surface area (Å²) in [5, 5.41) is 3.47. The molecule has 16 heavy (non-hydrogen) atoms. The maximum atomic E-state index is 5.69. The van der Waals surface area contributed by atoms with Gasteiger partial charge < -0.3 is 19.7 Å². The fourth-order valence-corrected chi connectivity index (χ4v) is 2.36. The molecule has 2 atom stereocenters. The summed E-state index contributed by atoms with van der Waals surface area (Å²) in [7, 11) is 2.15. The molecule has 0 aromatic rings. The molecule has 0 spiro atoms. The molecule has 0 aromatic heterocycles. The highest BCUT2D eigenvalue weighted by atomic mass is 16.5. The van der Waals surface area contributed by atoms with E-state index in [1.54, 1.807) is 0 Å². The Balaban J connectivity index is 1.56. The molecule has 2 aliphatic rings. The van der Waals surface area contributed by atoms with Crippen LogP contribution in [0.1, 0.15) is 19.3 Å². The van der Waals surface area contributed by atoms with Crippen molar-refractivity contribution in [3.63, 3.8) is 0 Å². The molecule has 0 bridgehead atoms. The summed E-state index contributed by atoms with van der Waals surface area (Å²) in [5.74, 6) is 0. The van der Waals surface area contributed by atoms with E-state index in [0.717, 1.165) is 39.4 Å². The Morgan fingerprint density at radius 1 is 1.12 bits per heavy atom. The summed E-state index contributed by atoms with van der Waals surface area (Å²) >= 11 is 0. The summed E-state index contributed by atoms with van der Waals surface area (Å²) in [4.78, 5) is 2.33. The van der Waals surface area contributed by atoms with Crippen LogP contribution >= 0.6 is 0 Å². The Morgan fingerprint density at radius 2 is 1.94 bits per heavy atom. The van der Waals surface area contributed by atoms with Crippen molar-refractivity contribution in [2.24, 2.45) is 0 Å². The van der Waals surface area contributed by atoms with Crippen molar-refractivity contribution in [2.75, 3.05) is 46.4 Å². The number of rotatable bonds is 4. The molecule has 0 saturated carbocycles. The normalized spacial score (nSPS) is 32.8. The molecule has 2 saturated heterocycles. The Kier molecular flexibility index (Phi) is 5.03. The first-order valence-electron chi connectivity index (χ1n) is 6.47. The fourth-order valence-electron chi connectivity index (χ4n) is 2.36. The molecule has 1 N–H and O–H groups in total. The second-order valence-corrected chi connectivity index (χ2v) is 4.90. The van der Waals surface area contributed by atoms with Crippen LogP contribution in [-0.4, -0.2) is 63.5 Å². The highest BCUT2D eigenvalue weighted by Crippen LogP contribution is 2.11. The van der Waals surface area contributed by atoms with E-state index < -0.39 is 0 Å². The second kappa shape index (κ2) is 6.55. The monoisotopic (exact) mass is 228 g/mol. The maximum absolute atomic E-state index is 5.69. The lowest BCUT2D eigenvalue weighted by molar-refractivity contribution is -0.0230. The van der Waals surface area contributed by atoms with E-state index in [9.17, 15) is 0 Å². The molecule has 2 heterocycles. The quantitative estimate of drug-likeness (QED) is 0.758. The molecule has 0 unspecified atom stereocenters. The Morgan fingerprint density at radius 3 is 2.69 bits per heavy atom. The van der Waals surface area contributed by atoms with E-state index in [2.05, 4.69) is 17.3 Å². The molecule has 0 aromatic carbocycles. The van der Waals surface area contributed by atoms with Gasteiger partial charge in [-0.05, 0) is 26.3 Å². The third kappa shape index (κ3) is 4.01. The minimum absolute atomic E-state index is 0.349. The molecule has 0 amide bonds. The van der Waals surface area contributed by atoms with Crippen molar-refractivity contribution in [1.29, 1.82) is 0 Å². The van der Waals surface area contributed by atoms with Crippen LogP contribution in [0.15, 0.2) is 0 Å². The molecule has 0 aliphatic carbocycles. The predicted molar refractivity (Wildman–Crippen MR) is 63.7 cm³/mol. The summed E-state index contributed by atoms with van der Waals surface area (Å²) in [6.07, 6.45) is 4.53.